The molecule has 3 aromatic rings. The number of hydrogen-bond donors (Lipinski definition) is 0. The molecule has 0 aliphatic carbocycles. The van der Waals surface area contributed by atoms with E-state index in [0.29, 0.717) is 29.6 Å². The number of carbonyl (C=O) groups is 1. The average molecular weight is 347 g/mol. The Morgan fingerprint density at radius 3 is 2.88 bits per heavy atom. The second-order valence-corrected chi connectivity index (χ2v) is 5.89. The van der Waals surface area contributed by atoms with Gasteiger partial charge in [-0.15, -0.1) is 0 Å². The van der Waals surface area contributed by atoms with Crippen LogP contribution in [-0.4, -0.2) is 35.0 Å². The van der Waals surface area contributed by atoms with Gasteiger partial charge in [-0.05, 0) is 24.3 Å². The number of likely N-dealkylation sites (tertiary alicyclic amines) is 1. The molecule has 128 valence electrons. The summed E-state index contributed by atoms with van der Waals surface area (Å²) in [6, 6.07) is 13.3. The molecule has 1 aromatic carbocycles. The number of amides is 1. The number of hydrogen-bond acceptors (Lipinski definition) is 6. The van der Waals surface area contributed by atoms with Crippen LogP contribution in [0.15, 0.2) is 57.9 Å². The summed E-state index contributed by atoms with van der Waals surface area (Å²) in [6.07, 6.45) is 1.29. The van der Waals surface area contributed by atoms with Gasteiger partial charge in [0, 0.05) is 12.3 Å². The van der Waals surface area contributed by atoms with Gasteiger partial charge in [0.05, 0.1) is 18.5 Å². The molecule has 0 spiro atoms. The molecule has 1 amide bonds. The highest BCUT2D eigenvalue weighted by molar-refractivity contribution is 5.93. The first-order valence-corrected chi connectivity index (χ1v) is 7.99. The van der Waals surface area contributed by atoms with Crippen molar-refractivity contribution in [1.29, 1.82) is 5.26 Å². The molecule has 0 radical (unpaired) electrons. The largest absolute Gasteiger partial charge is 0.470 e. The van der Waals surface area contributed by atoms with Crippen molar-refractivity contribution in [2.75, 3.05) is 13.1 Å². The number of nitriles is 1. The lowest BCUT2D eigenvalue weighted by molar-refractivity contribution is 0.0137. The predicted octanol–water partition coefficient (Wildman–Crippen LogP) is 1.96. The Kier molecular flexibility index (Phi) is 3.86. The fraction of sp³-hybridized carbons (Fsp3) is 0.158. The van der Waals surface area contributed by atoms with Gasteiger partial charge in [-0.2, -0.15) is 5.26 Å². The van der Waals surface area contributed by atoms with Crippen molar-refractivity contribution in [3.8, 4) is 11.9 Å². The van der Waals surface area contributed by atoms with E-state index in [0.717, 1.165) is 0 Å². The fourth-order valence-electron chi connectivity index (χ4n) is 2.77. The van der Waals surface area contributed by atoms with E-state index in [2.05, 4.69) is 4.98 Å². The Bertz CT molecular complexity index is 1090. The summed E-state index contributed by atoms with van der Waals surface area (Å²) in [6.45, 7) is 0.660. The van der Waals surface area contributed by atoms with Gasteiger partial charge < -0.3 is 14.1 Å². The molecule has 1 fully saturated rings. The lowest BCUT2D eigenvalue weighted by atomic mass is 10.1. The van der Waals surface area contributed by atoms with E-state index >= 15 is 0 Å². The third-order valence-corrected chi connectivity index (χ3v) is 4.15. The topological polar surface area (TPSA) is 96.4 Å². The highest BCUT2D eigenvalue weighted by atomic mass is 16.5. The van der Waals surface area contributed by atoms with E-state index in [4.69, 9.17) is 14.4 Å². The van der Waals surface area contributed by atoms with E-state index in [1.165, 1.54) is 11.0 Å². The van der Waals surface area contributed by atoms with Crippen LogP contribution in [0.3, 0.4) is 0 Å². The highest BCUT2D eigenvalue weighted by Crippen LogP contribution is 2.21. The Labute approximate surface area is 148 Å². The average Bonchev–Trinajstić information content (AvgIpc) is 2.64. The molecule has 3 heterocycles. The Morgan fingerprint density at radius 1 is 1.27 bits per heavy atom. The lowest BCUT2D eigenvalue weighted by Gasteiger charge is -2.38. The van der Waals surface area contributed by atoms with Gasteiger partial charge in [-0.1, -0.05) is 12.1 Å². The van der Waals surface area contributed by atoms with E-state index in [1.807, 2.05) is 6.07 Å². The van der Waals surface area contributed by atoms with E-state index in [9.17, 15) is 9.59 Å². The van der Waals surface area contributed by atoms with Crippen LogP contribution in [0, 0.1) is 11.3 Å². The first kappa shape index (κ1) is 15.8. The van der Waals surface area contributed by atoms with Gasteiger partial charge in [0.1, 0.15) is 23.3 Å². The number of carbonyl (C=O) groups excluding carboxylic acids is 1. The van der Waals surface area contributed by atoms with Crippen LogP contribution in [0.25, 0.3) is 11.0 Å². The summed E-state index contributed by atoms with van der Waals surface area (Å²) in [7, 11) is 0. The van der Waals surface area contributed by atoms with Crippen LogP contribution < -0.4 is 10.2 Å². The summed E-state index contributed by atoms with van der Waals surface area (Å²) < 4.78 is 11.2. The third kappa shape index (κ3) is 2.78. The van der Waals surface area contributed by atoms with Crippen LogP contribution in [0.4, 0.5) is 0 Å². The van der Waals surface area contributed by atoms with Crippen molar-refractivity contribution in [2.45, 2.75) is 6.10 Å². The molecule has 7 heteroatoms. The molecule has 4 rings (SSSR count). The second-order valence-electron chi connectivity index (χ2n) is 5.89. The zero-order chi connectivity index (χ0) is 18.1. The molecule has 0 saturated carbocycles. The minimum Gasteiger partial charge on any atom is -0.470 e. The summed E-state index contributed by atoms with van der Waals surface area (Å²) in [5, 5.41) is 9.48. The van der Waals surface area contributed by atoms with Gasteiger partial charge in [-0.3, -0.25) is 9.59 Å². The maximum absolute atomic E-state index is 12.5. The first-order valence-electron chi connectivity index (χ1n) is 7.99. The van der Waals surface area contributed by atoms with Gasteiger partial charge in [0.15, 0.2) is 11.2 Å². The number of para-hydroxylation sites is 1. The van der Waals surface area contributed by atoms with Crippen molar-refractivity contribution >= 4 is 16.9 Å². The van der Waals surface area contributed by atoms with Crippen LogP contribution >= 0.6 is 0 Å². The third-order valence-electron chi connectivity index (χ3n) is 4.15. The monoisotopic (exact) mass is 347 g/mol. The number of rotatable bonds is 3. The van der Waals surface area contributed by atoms with Crippen molar-refractivity contribution < 1.29 is 13.9 Å². The van der Waals surface area contributed by atoms with E-state index in [1.54, 1.807) is 42.6 Å². The Balaban J connectivity index is 1.47. The number of ether oxygens (including phenoxy) is 1. The smallest absolute Gasteiger partial charge is 0.289 e. The summed E-state index contributed by atoms with van der Waals surface area (Å²) in [5.74, 6) is -0.110. The van der Waals surface area contributed by atoms with E-state index in [-0.39, 0.29) is 29.1 Å². The Morgan fingerprint density at radius 2 is 2.08 bits per heavy atom. The number of aromatic nitrogens is 1. The molecule has 1 aliphatic heterocycles. The lowest BCUT2D eigenvalue weighted by Crippen LogP contribution is -2.56. The zero-order valence-electron chi connectivity index (χ0n) is 13.6. The predicted molar refractivity (Wildman–Crippen MR) is 91.8 cm³/mol. The molecular formula is C19H13N3O4. The molecule has 0 atom stereocenters. The minimum absolute atomic E-state index is 0.00250. The fourth-order valence-corrected chi connectivity index (χ4v) is 2.77. The summed E-state index contributed by atoms with van der Waals surface area (Å²) in [4.78, 5) is 30.2. The molecule has 7 nitrogen and oxygen atoms in total. The van der Waals surface area contributed by atoms with Gasteiger partial charge in [0.25, 0.3) is 5.91 Å². The zero-order valence-corrected chi connectivity index (χ0v) is 13.6. The van der Waals surface area contributed by atoms with Crippen molar-refractivity contribution in [1.82, 2.24) is 9.88 Å². The molecule has 0 N–H and O–H groups in total. The van der Waals surface area contributed by atoms with Crippen LogP contribution in [0.1, 0.15) is 16.1 Å². The molecule has 0 unspecified atom stereocenters. The normalized spacial score (nSPS) is 13.9. The van der Waals surface area contributed by atoms with Gasteiger partial charge in [-0.25, -0.2) is 4.98 Å². The summed E-state index contributed by atoms with van der Waals surface area (Å²) in [5.41, 5.74) is 0.470. The molecule has 2 aromatic heterocycles. The number of nitrogens with zero attached hydrogens (tertiary/aromatic N) is 3. The van der Waals surface area contributed by atoms with Gasteiger partial charge >= 0.3 is 0 Å². The maximum Gasteiger partial charge on any atom is 0.289 e. The molecule has 0 bridgehead atoms. The van der Waals surface area contributed by atoms with E-state index < -0.39 is 0 Å². The molecule has 26 heavy (non-hydrogen) atoms. The Hall–Kier alpha value is -3.66. The summed E-state index contributed by atoms with van der Waals surface area (Å²) >= 11 is 0. The number of fused-ring (bicyclic) bond motifs is 1. The standard InChI is InChI=1S/C19H13N3O4/c20-9-12-4-3-7-21-18(12)25-13-10-22(11-13)19(24)17-8-15(23)14-5-1-2-6-16(14)26-17/h1-8,13H,10-11H2. The van der Waals surface area contributed by atoms with Crippen molar-refractivity contribution in [2.24, 2.45) is 0 Å². The minimum atomic E-state index is -0.366. The van der Waals surface area contributed by atoms with Crippen LogP contribution in [-0.2, 0) is 0 Å². The molecule has 1 saturated heterocycles. The second kappa shape index (κ2) is 6.33. The van der Waals surface area contributed by atoms with Gasteiger partial charge in [0.2, 0.25) is 5.88 Å². The SMILES string of the molecule is N#Cc1cccnc1OC1CN(C(=O)c2cc(=O)c3ccccc3o2)C1. The van der Waals surface area contributed by atoms with Crippen LogP contribution in [0.5, 0.6) is 5.88 Å². The van der Waals surface area contributed by atoms with Crippen molar-refractivity contribution in [3.05, 3.63) is 70.2 Å². The highest BCUT2D eigenvalue weighted by Gasteiger charge is 2.34. The quantitative estimate of drug-likeness (QED) is 0.718. The molecule has 1 aliphatic rings. The number of benzene rings is 1. The maximum atomic E-state index is 12.5. The molecular weight excluding hydrogens is 334 g/mol. The number of pyridine rings is 1. The first-order chi connectivity index (χ1) is 12.7. The van der Waals surface area contributed by atoms with Crippen LogP contribution in [0.2, 0.25) is 0 Å². The van der Waals surface area contributed by atoms with Crippen molar-refractivity contribution in [3.63, 3.8) is 0 Å².